The third-order valence-corrected chi connectivity index (χ3v) is 5.90. The molecule has 0 aliphatic carbocycles. The van der Waals surface area contributed by atoms with E-state index in [0.29, 0.717) is 11.3 Å². The predicted octanol–water partition coefficient (Wildman–Crippen LogP) is 5.16. The highest BCUT2D eigenvalue weighted by Gasteiger charge is 2.15. The van der Waals surface area contributed by atoms with E-state index in [0.717, 1.165) is 5.56 Å². The quantitative estimate of drug-likeness (QED) is 0.313. The van der Waals surface area contributed by atoms with Gasteiger partial charge in [-0.3, -0.25) is 4.72 Å². The zero-order valence-corrected chi connectivity index (χ0v) is 17.4. The molecule has 3 aromatic carbocycles. The van der Waals surface area contributed by atoms with Crippen molar-refractivity contribution in [2.75, 3.05) is 4.72 Å². The Bertz CT molecular complexity index is 1050. The van der Waals surface area contributed by atoms with Crippen LogP contribution in [-0.2, 0) is 10.0 Å². The summed E-state index contributed by atoms with van der Waals surface area (Å²) in [6.45, 7) is 2.00. The lowest BCUT2D eigenvalue weighted by atomic mass is 10.1. The Morgan fingerprint density at radius 1 is 0.929 bits per heavy atom. The Morgan fingerprint density at radius 3 is 2.11 bits per heavy atom. The maximum Gasteiger partial charge on any atom is 0.343 e. The molecule has 7 heteroatoms. The summed E-state index contributed by atoms with van der Waals surface area (Å²) in [7, 11) is -3.72. The maximum absolute atomic E-state index is 12.4. The summed E-state index contributed by atoms with van der Waals surface area (Å²) in [5.41, 5.74) is 1.94. The van der Waals surface area contributed by atoms with E-state index in [1.807, 2.05) is 19.1 Å². The minimum Gasteiger partial charge on any atom is -0.423 e. The van der Waals surface area contributed by atoms with Crippen molar-refractivity contribution >= 4 is 37.6 Å². The van der Waals surface area contributed by atoms with Gasteiger partial charge in [-0.2, -0.15) is 0 Å². The topological polar surface area (TPSA) is 72.5 Å². The van der Waals surface area contributed by atoms with Crippen LogP contribution in [0.1, 0.15) is 27.7 Å². The molecular weight excluding hydrogens is 442 g/mol. The highest BCUT2D eigenvalue weighted by atomic mass is 79.9. The van der Waals surface area contributed by atoms with Crippen molar-refractivity contribution in [3.05, 3.63) is 90.0 Å². The van der Waals surface area contributed by atoms with Crippen LogP contribution in [0.3, 0.4) is 0 Å². The molecule has 0 saturated carbocycles. The van der Waals surface area contributed by atoms with Gasteiger partial charge in [-0.05, 0) is 61.0 Å². The summed E-state index contributed by atoms with van der Waals surface area (Å²) in [5.74, 6) is -0.242. The van der Waals surface area contributed by atoms with Crippen LogP contribution < -0.4 is 9.46 Å². The number of ether oxygens (including phenoxy) is 1. The molecule has 0 aromatic heterocycles. The molecule has 0 spiro atoms. The predicted molar refractivity (Wildman–Crippen MR) is 112 cm³/mol. The Labute approximate surface area is 172 Å². The normalized spacial score (nSPS) is 12.2. The van der Waals surface area contributed by atoms with Gasteiger partial charge in [0.2, 0.25) is 0 Å². The van der Waals surface area contributed by atoms with Gasteiger partial charge in [0.05, 0.1) is 10.5 Å². The largest absolute Gasteiger partial charge is 0.423 e. The van der Waals surface area contributed by atoms with Crippen LogP contribution >= 0.6 is 15.9 Å². The summed E-state index contributed by atoms with van der Waals surface area (Å²) in [6, 6.07) is 21.4. The van der Waals surface area contributed by atoms with Crippen molar-refractivity contribution in [3.8, 4) is 5.75 Å². The van der Waals surface area contributed by atoms with Crippen LogP contribution in [0.2, 0.25) is 0 Å². The van der Waals surface area contributed by atoms with Crippen molar-refractivity contribution in [2.24, 2.45) is 0 Å². The van der Waals surface area contributed by atoms with Gasteiger partial charge in [0, 0.05) is 10.5 Å². The number of para-hydroxylation sites is 1. The number of esters is 1. The van der Waals surface area contributed by atoms with Crippen LogP contribution in [0, 0.1) is 0 Å². The number of rotatable bonds is 6. The second-order valence-electron chi connectivity index (χ2n) is 6.07. The number of alkyl halides is 1. The molecule has 3 rings (SSSR count). The second-order valence-corrected chi connectivity index (χ2v) is 9.13. The third kappa shape index (κ3) is 4.99. The lowest BCUT2D eigenvalue weighted by Crippen LogP contribution is -2.13. The van der Waals surface area contributed by atoms with Crippen LogP contribution in [0.5, 0.6) is 5.75 Å². The maximum atomic E-state index is 12.4. The average molecular weight is 460 g/mol. The highest BCUT2D eigenvalue weighted by molar-refractivity contribution is 9.09. The number of sulfonamides is 1. The van der Waals surface area contributed by atoms with Gasteiger partial charge in [0.25, 0.3) is 10.0 Å². The fourth-order valence-electron chi connectivity index (χ4n) is 2.46. The summed E-state index contributed by atoms with van der Waals surface area (Å²) < 4.78 is 32.7. The van der Waals surface area contributed by atoms with Crippen molar-refractivity contribution in [1.82, 2.24) is 0 Å². The van der Waals surface area contributed by atoms with Crippen LogP contribution in [0.4, 0.5) is 5.69 Å². The Kier molecular flexibility index (Phi) is 6.16. The molecule has 0 bridgehead atoms. The minimum absolute atomic E-state index is 0.0758. The zero-order chi connectivity index (χ0) is 20.1. The number of hydrogen-bond acceptors (Lipinski definition) is 4. The first-order valence-electron chi connectivity index (χ1n) is 8.49. The smallest absolute Gasteiger partial charge is 0.343 e. The van der Waals surface area contributed by atoms with E-state index in [9.17, 15) is 13.2 Å². The van der Waals surface area contributed by atoms with E-state index in [-0.39, 0.29) is 15.5 Å². The molecule has 0 aliphatic rings. The minimum atomic E-state index is -3.72. The van der Waals surface area contributed by atoms with Gasteiger partial charge in [0.1, 0.15) is 5.75 Å². The van der Waals surface area contributed by atoms with Crippen LogP contribution in [0.15, 0.2) is 83.8 Å². The van der Waals surface area contributed by atoms with Crippen molar-refractivity contribution in [1.29, 1.82) is 0 Å². The zero-order valence-electron chi connectivity index (χ0n) is 15.0. The van der Waals surface area contributed by atoms with E-state index in [2.05, 4.69) is 20.7 Å². The fraction of sp³-hybridized carbons (Fsp3) is 0.0952. The molecule has 0 fully saturated rings. The van der Waals surface area contributed by atoms with Crippen molar-refractivity contribution in [3.63, 3.8) is 0 Å². The molecule has 0 aliphatic heterocycles. The lowest BCUT2D eigenvalue weighted by Gasteiger charge is -2.09. The van der Waals surface area contributed by atoms with E-state index in [1.54, 1.807) is 42.5 Å². The number of anilines is 1. The van der Waals surface area contributed by atoms with Crippen LogP contribution in [-0.4, -0.2) is 14.4 Å². The summed E-state index contributed by atoms with van der Waals surface area (Å²) in [5, 5.41) is 0. The standard InChI is InChI=1S/C21H18BrNO4S/c1-15(22)16-7-9-17(10-8-16)21(24)27-19-11-13-20(14-12-19)28(25,26)23-18-5-3-2-4-6-18/h2-15,23H,1H3. The van der Waals surface area contributed by atoms with Gasteiger partial charge in [-0.25, -0.2) is 13.2 Å². The number of halogens is 1. The molecule has 0 saturated heterocycles. The number of carbonyl (C=O) groups is 1. The first-order valence-corrected chi connectivity index (χ1v) is 10.9. The first kappa shape index (κ1) is 20.1. The molecule has 144 valence electrons. The molecule has 0 heterocycles. The fourth-order valence-corrected chi connectivity index (χ4v) is 3.82. The Hall–Kier alpha value is -2.64. The molecule has 1 atom stereocenters. The number of benzene rings is 3. The first-order chi connectivity index (χ1) is 13.3. The van der Waals surface area contributed by atoms with Gasteiger partial charge in [-0.15, -0.1) is 0 Å². The van der Waals surface area contributed by atoms with Gasteiger partial charge in [0.15, 0.2) is 0 Å². The average Bonchev–Trinajstić information content (AvgIpc) is 2.69. The molecule has 1 unspecified atom stereocenters. The van der Waals surface area contributed by atoms with E-state index < -0.39 is 16.0 Å². The van der Waals surface area contributed by atoms with Gasteiger partial charge < -0.3 is 4.74 Å². The summed E-state index contributed by atoms with van der Waals surface area (Å²) in [6.07, 6.45) is 0. The van der Waals surface area contributed by atoms with E-state index in [1.165, 1.54) is 24.3 Å². The van der Waals surface area contributed by atoms with Gasteiger partial charge in [-0.1, -0.05) is 46.3 Å². The van der Waals surface area contributed by atoms with Crippen LogP contribution in [0.25, 0.3) is 0 Å². The summed E-state index contributed by atoms with van der Waals surface area (Å²) >= 11 is 3.47. The lowest BCUT2D eigenvalue weighted by molar-refractivity contribution is 0.0734. The SMILES string of the molecule is CC(Br)c1ccc(C(=O)Oc2ccc(S(=O)(=O)Nc3ccccc3)cc2)cc1. The number of carbonyl (C=O) groups excluding carboxylic acids is 1. The Balaban J connectivity index is 1.69. The molecule has 1 N–H and O–H groups in total. The van der Waals surface area contributed by atoms with Crippen molar-refractivity contribution < 1.29 is 17.9 Å². The highest BCUT2D eigenvalue weighted by Crippen LogP contribution is 2.23. The number of nitrogens with one attached hydrogen (secondary N) is 1. The van der Waals surface area contributed by atoms with Crippen molar-refractivity contribution in [2.45, 2.75) is 16.6 Å². The molecule has 0 amide bonds. The second kappa shape index (κ2) is 8.58. The van der Waals surface area contributed by atoms with E-state index >= 15 is 0 Å². The molecular formula is C21H18BrNO4S. The van der Waals surface area contributed by atoms with Gasteiger partial charge >= 0.3 is 5.97 Å². The molecule has 0 radical (unpaired) electrons. The number of hydrogen-bond donors (Lipinski definition) is 1. The molecule has 28 heavy (non-hydrogen) atoms. The monoisotopic (exact) mass is 459 g/mol. The Morgan fingerprint density at radius 2 is 1.54 bits per heavy atom. The van der Waals surface area contributed by atoms with E-state index in [4.69, 9.17) is 4.74 Å². The summed E-state index contributed by atoms with van der Waals surface area (Å²) in [4.78, 5) is 12.5. The molecule has 3 aromatic rings. The molecule has 5 nitrogen and oxygen atoms in total. The third-order valence-electron chi connectivity index (χ3n) is 3.98.